The molecule has 0 saturated heterocycles. The summed E-state index contributed by atoms with van der Waals surface area (Å²) < 4.78 is 0.889. The molecular weight excluding hydrogens is 212 g/mol. The van der Waals surface area contributed by atoms with E-state index in [-0.39, 0.29) is 0 Å². The SMILES string of the molecule is N#CCCc1csc(Br)n1. The predicted octanol–water partition coefficient (Wildman–Crippen LogP) is 2.36. The molecule has 0 atom stereocenters. The molecule has 0 saturated carbocycles. The van der Waals surface area contributed by atoms with E-state index in [1.165, 1.54) is 0 Å². The van der Waals surface area contributed by atoms with Crippen molar-refractivity contribution in [1.82, 2.24) is 4.98 Å². The van der Waals surface area contributed by atoms with Gasteiger partial charge in [-0.15, -0.1) is 11.3 Å². The molecule has 0 N–H and O–H groups in total. The average molecular weight is 217 g/mol. The van der Waals surface area contributed by atoms with Gasteiger partial charge in [-0.2, -0.15) is 5.26 Å². The fourth-order valence-corrected chi connectivity index (χ4v) is 1.66. The lowest BCUT2D eigenvalue weighted by Gasteiger charge is -1.83. The summed E-state index contributed by atoms with van der Waals surface area (Å²) in [6.07, 6.45) is 1.31. The summed E-state index contributed by atoms with van der Waals surface area (Å²) in [5.74, 6) is 0. The molecule has 10 heavy (non-hydrogen) atoms. The lowest BCUT2D eigenvalue weighted by Crippen LogP contribution is -1.81. The minimum Gasteiger partial charge on any atom is -0.234 e. The van der Waals surface area contributed by atoms with E-state index in [9.17, 15) is 0 Å². The maximum absolute atomic E-state index is 8.25. The molecule has 1 aromatic rings. The highest BCUT2D eigenvalue weighted by atomic mass is 79.9. The predicted molar refractivity (Wildman–Crippen MR) is 43.7 cm³/mol. The first kappa shape index (κ1) is 7.70. The number of nitrogens with zero attached hydrogens (tertiary/aromatic N) is 2. The van der Waals surface area contributed by atoms with Crippen molar-refractivity contribution in [3.05, 3.63) is 15.0 Å². The largest absolute Gasteiger partial charge is 0.234 e. The Kier molecular flexibility index (Phi) is 2.84. The van der Waals surface area contributed by atoms with Gasteiger partial charge < -0.3 is 0 Å². The Morgan fingerprint density at radius 2 is 2.60 bits per heavy atom. The first-order valence-corrected chi connectivity index (χ1v) is 4.47. The number of hydrogen-bond acceptors (Lipinski definition) is 3. The molecule has 0 amide bonds. The second-order valence-electron chi connectivity index (χ2n) is 1.75. The molecule has 0 unspecified atom stereocenters. The number of aryl methyl sites for hydroxylation is 1. The second kappa shape index (κ2) is 3.69. The van der Waals surface area contributed by atoms with Gasteiger partial charge in [0.15, 0.2) is 3.92 Å². The van der Waals surface area contributed by atoms with Gasteiger partial charge in [0.25, 0.3) is 0 Å². The number of hydrogen-bond donors (Lipinski definition) is 0. The van der Waals surface area contributed by atoms with E-state index in [4.69, 9.17) is 5.26 Å². The zero-order valence-electron chi connectivity index (χ0n) is 5.17. The molecule has 1 aromatic heterocycles. The number of aromatic nitrogens is 1. The third kappa shape index (κ3) is 2.09. The molecule has 1 rings (SSSR count). The number of halogens is 1. The zero-order chi connectivity index (χ0) is 7.40. The molecule has 4 heteroatoms. The van der Waals surface area contributed by atoms with Crippen molar-refractivity contribution < 1.29 is 0 Å². The fourth-order valence-electron chi connectivity index (χ4n) is 0.581. The van der Waals surface area contributed by atoms with Crippen molar-refractivity contribution in [1.29, 1.82) is 5.26 Å². The lowest BCUT2D eigenvalue weighted by molar-refractivity contribution is 0.963. The zero-order valence-corrected chi connectivity index (χ0v) is 7.57. The maximum atomic E-state index is 8.25. The summed E-state index contributed by atoms with van der Waals surface area (Å²) >= 11 is 4.80. The Morgan fingerprint density at radius 3 is 3.10 bits per heavy atom. The average Bonchev–Trinajstić information content (AvgIpc) is 2.31. The van der Waals surface area contributed by atoms with Crippen LogP contribution >= 0.6 is 27.3 Å². The number of rotatable bonds is 2. The highest BCUT2D eigenvalue weighted by Gasteiger charge is 1.96. The van der Waals surface area contributed by atoms with Crippen LogP contribution in [0.5, 0.6) is 0 Å². The van der Waals surface area contributed by atoms with E-state index in [1.54, 1.807) is 11.3 Å². The Bertz CT molecular complexity index is 250. The van der Waals surface area contributed by atoms with Crippen molar-refractivity contribution in [3.8, 4) is 6.07 Å². The molecule has 52 valence electrons. The van der Waals surface area contributed by atoms with Gasteiger partial charge in [0.1, 0.15) is 0 Å². The van der Waals surface area contributed by atoms with Crippen molar-refractivity contribution >= 4 is 27.3 Å². The molecule has 0 aliphatic carbocycles. The summed E-state index contributed by atoms with van der Waals surface area (Å²) in [6.45, 7) is 0. The lowest BCUT2D eigenvalue weighted by atomic mass is 10.3. The van der Waals surface area contributed by atoms with Crippen molar-refractivity contribution in [2.75, 3.05) is 0 Å². The smallest absolute Gasteiger partial charge is 0.159 e. The normalized spacial score (nSPS) is 9.20. The van der Waals surface area contributed by atoms with Gasteiger partial charge in [-0.3, -0.25) is 0 Å². The third-order valence-electron chi connectivity index (χ3n) is 1.02. The highest BCUT2D eigenvalue weighted by molar-refractivity contribution is 9.11. The Morgan fingerprint density at radius 1 is 1.80 bits per heavy atom. The summed E-state index contributed by atoms with van der Waals surface area (Å²) in [6, 6.07) is 2.07. The molecule has 0 aromatic carbocycles. The van der Waals surface area contributed by atoms with Crippen molar-refractivity contribution in [3.63, 3.8) is 0 Å². The molecule has 1 heterocycles. The Balaban J connectivity index is 2.52. The topological polar surface area (TPSA) is 36.7 Å². The van der Waals surface area contributed by atoms with Gasteiger partial charge in [-0.05, 0) is 15.9 Å². The summed E-state index contributed by atoms with van der Waals surface area (Å²) in [4.78, 5) is 4.13. The van der Waals surface area contributed by atoms with Gasteiger partial charge in [-0.25, -0.2) is 4.98 Å². The quantitative estimate of drug-likeness (QED) is 0.762. The van der Waals surface area contributed by atoms with Crippen LogP contribution in [0.3, 0.4) is 0 Å². The van der Waals surface area contributed by atoms with E-state index < -0.39 is 0 Å². The van der Waals surface area contributed by atoms with E-state index in [0.29, 0.717) is 6.42 Å². The number of nitriles is 1. The van der Waals surface area contributed by atoms with Crippen LogP contribution in [0.2, 0.25) is 0 Å². The van der Waals surface area contributed by atoms with Crippen LogP contribution in [0.4, 0.5) is 0 Å². The minimum atomic E-state index is 0.552. The standard InChI is InChI=1S/C6H5BrN2S/c7-6-9-5(4-10-6)2-1-3-8/h4H,1-2H2. The van der Waals surface area contributed by atoms with Crippen molar-refractivity contribution in [2.45, 2.75) is 12.8 Å². The number of thiazole rings is 1. The Labute approximate surface area is 71.6 Å². The van der Waals surface area contributed by atoms with Gasteiger partial charge in [-0.1, -0.05) is 0 Å². The Hall–Kier alpha value is -0.400. The summed E-state index contributed by atoms with van der Waals surface area (Å²) in [7, 11) is 0. The monoisotopic (exact) mass is 216 g/mol. The van der Waals surface area contributed by atoms with Crippen LogP contribution in [0.1, 0.15) is 12.1 Å². The van der Waals surface area contributed by atoms with Gasteiger partial charge in [0, 0.05) is 18.2 Å². The molecule has 0 bridgehead atoms. The third-order valence-corrected chi connectivity index (χ3v) is 2.43. The first-order chi connectivity index (χ1) is 4.83. The molecule has 0 spiro atoms. The fraction of sp³-hybridized carbons (Fsp3) is 0.333. The van der Waals surface area contributed by atoms with E-state index in [1.807, 2.05) is 5.38 Å². The van der Waals surface area contributed by atoms with E-state index in [0.717, 1.165) is 16.0 Å². The summed E-state index contributed by atoms with van der Waals surface area (Å²) in [5, 5.41) is 10.2. The van der Waals surface area contributed by atoms with Crippen molar-refractivity contribution in [2.24, 2.45) is 0 Å². The summed E-state index contributed by atoms with van der Waals surface area (Å²) in [5.41, 5.74) is 0.999. The molecule has 2 nitrogen and oxygen atoms in total. The molecule has 0 aliphatic rings. The molecular formula is C6H5BrN2S. The van der Waals surface area contributed by atoms with E-state index >= 15 is 0 Å². The van der Waals surface area contributed by atoms with Gasteiger partial charge >= 0.3 is 0 Å². The maximum Gasteiger partial charge on any atom is 0.159 e. The highest BCUT2D eigenvalue weighted by Crippen LogP contribution is 2.16. The van der Waals surface area contributed by atoms with Crippen LogP contribution in [0.15, 0.2) is 9.30 Å². The minimum absolute atomic E-state index is 0.552. The van der Waals surface area contributed by atoms with E-state index in [2.05, 4.69) is 27.0 Å². The van der Waals surface area contributed by atoms with Crippen LogP contribution in [0.25, 0.3) is 0 Å². The van der Waals surface area contributed by atoms with Crippen LogP contribution in [-0.4, -0.2) is 4.98 Å². The van der Waals surface area contributed by atoms with Crippen LogP contribution in [0, 0.1) is 11.3 Å². The van der Waals surface area contributed by atoms with Gasteiger partial charge in [0.05, 0.1) is 11.8 Å². The second-order valence-corrected chi connectivity index (χ2v) is 3.88. The van der Waals surface area contributed by atoms with Crippen LogP contribution < -0.4 is 0 Å². The molecule has 0 aliphatic heterocycles. The van der Waals surface area contributed by atoms with Gasteiger partial charge in [0.2, 0.25) is 0 Å². The molecule has 0 radical (unpaired) electrons. The molecule has 0 fully saturated rings. The van der Waals surface area contributed by atoms with Crippen LogP contribution in [-0.2, 0) is 6.42 Å². The first-order valence-electron chi connectivity index (χ1n) is 2.80.